The minimum absolute atomic E-state index is 0.0409. The molecule has 0 radical (unpaired) electrons. The highest BCUT2D eigenvalue weighted by Gasteiger charge is 2.68. The third-order valence-electron chi connectivity index (χ3n) is 8.31. The summed E-state index contributed by atoms with van der Waals surface area (Å²) < 4.78 is 12.4. The number of thioether (sulfide) groups is 1. The van der Waals surface area contributed by atoms with Crippen LogP contribution in [0.3, 0.4) is 0 Å². The van der Waals surface area contributed by atoms with E-state index in [1.54, 1.807) is 11.3 Å². The van der Waals surface area contributed by atoms with E-state index in [-0.39, 0.29) is 5.66 Å². The van der Waals surface area contributed by atoms with Crippen LogP contribution in [0.15, 0.2) is 23.5 Å². The van der Waals surface area contributed by atoms with Crippen LogP contribution in [0.2, 0.25) is 0 Å². The molecule has 0 aliphatic carbocycles. The second-order valence-electron chi connectivity index (χ2n) is 9.85. The quantitative estimate of drug-likeness (QED) is 0.598. The molecule has 0 bridgehead atoms. The van der Waals surface area contributed by atoms with Gasteiger partial charge in [-0.3, -0.25) is 4.90 Å². The maximum absolute atomic E-state index is 6.33. The first-order chi connectivity index (χ1) is 14.9. The highest BCUT2D eigenvalue weighted by atomic mass is 32.2. The third kappa shape index (κ3) is 2.53. The molecule has 0 N–H and O–H groups in total. The molecule has 5 atom stereocenters. The zero-order valence-electron chi connectivity index (χ0n) is 17.9. The van der Waals surface area contributed by atoms with Gasteiger partial charge in [-0.05, 0) is 37.9 Å². The summed E-state index contributed by atoms with van der Waals surface area (Å²) in [6.45, 7) is 7.76. The average Bonchev–Trinajstić information content (AvgIpc) is 3.05. The van der Waals surface area contributed by atoms with E-state index >= 15 is 0 Å². The van der Waals surface area contributed by atoms with Crippen LogP contribution in [0.4, 0.5) is 0 Å². The zero-order chi connectivity index (χ0) is 19.7. The Bertz CT molecular complexity index is 752. The molecule has 7 aliphatic rings. The van der Waals surface area contributed by atoms with Crippen LogP contribution in [-0.2, 0) is 9.47 Å². The van der Waals surface area contributed by atoms with Crippen molar-refractivity contribution < 1.29 is 9.47 Å². The van der Waals surface area contributed by atoms with Gasteiger partial charge in [0.2, 0.25) is 0 Å². The Kier molecular flexibility index (Phi) is 4.47. The third-order valence-corrected chi connectivity index (χ3v) is 9.75. The van der Waals surface area contributed by atoms with Crippen molar-refractivity contribution in [1.29, 1.82) is 0 Å². The number of hydrogen-bond donors (Lipinski definition) is 0. The lowest BCUT2D eigenvalue weighted by Gasteiger charge is -2.58. The fourth-order valence-electron chi connectivity index (χ4n) is 6.61. The first-order valence-electron chi connectivity index (χ1n) is 12.2. The molecule has 7 heterocycles. The van der Waals surface area contributed by atoms with E-state index in [1.165, 1.54) is 64.0 Å². The summed E-state index contributed by atoms with van der Waals surface area (Å²) >= 11 is 2.20. The van der Waals surface area contributed by atoms with Crippen LogP contribution in [0, 0.1) is 0 Å². The molecular formula is C23H34N4O2S. The molecule has 0 saturated carbocycles. The Morgan fingerprint density at radius 1 is 1.00 bits per heavy atom. The normalized spacial score (nSPS) is 43.9. The van der Waals surface area contributed by atoms with Crippen molar-refractivity contribution in [3.63, 3.8) is 0 Å². The summed E-state index contributed by atoms with van der Waals surface area (Å²) in [6.07, 6.45) is 13.0. The molecule has 5 unspecified atom stereocenters. The van der Waals surface area contributed by atoms with E-state index in [9.17, 15) is 0 Å². The average molecular weight is 431 g/mol. The molecular weight excluding hydrogens is 396 g/mol. The number of epoxide rings is 1. The van der Waals surface area contributed by atoms with Gasteiger partial charge in [0.25, 0.3) is 0 Å². The summed E-state index contributed by atoms with van der Waals surface area (Å²) in [5, 5.41) is 6.04. The Hall–Kier alpha value is -0.730. The summed E-state index contributed by atoms with van der Waals surface area (Å²) in [7, 11) is 0. The van der Waals surface area contributed by atoms with Crippen molar-refractivity contribution in [2.24, 2.45) is 0 Å². The van der Waals surface area contributed by atoms with Gasteiger partial charge in [0.15, 0.2) is 0 Å². The topological polar surface area (TPSA) is 34.7 Å². The number of hydrazine groups is 1. The Morgan fingerprint density at radius 2 is 1.80 bits per heavy atom. The molecule has 0 aromatic rings. The van der Waals surface area contributed by atoms with Crippen molar-refractivity contribution >= 4 is 11.8 Å². The van der Waals surface area contributed by atoms with Gasteiger partial charge in [-0.2, -0.15) is 16.8 Å². The number of nitrogens with zero attached hydrogens (tertiary/aromatic N) is 4. The van der Waals surface area contributed by atoms with E-state index in [2.05, 4.69) is 43.9 Å². The molecule has 5 saturated heterocycles. The Balaban J connectivity index is 1.45. The van der Waals surface area contributed by atoms with Crippen LogP contribution in [-0.4, -0.2) is 101 Å². The van der Waals surface area contributed by atoms with Gasteiger partial charge in [-0.25, -0.2) is 0 Å². The van der Waals surface area contributed by atoms with Gasteiger partial charge in [-0.15, -0.1) is 0 Å². The number of ether oxygens (including phenoxy) is 2. The first kappa shape index (κ1) is 18.8. The number of rotatable bonds is 6. The minimum atomic E-state index is -0.0409. The van der Waals surface area contributed by atoms with Gasteiger partial charge in [0.1, 0.15) is 17.8 Å². The SMILES string of the molecule is C1=CN(N2C(C3CO3)C(N3CCC3)=C(C3CCO3)C2(C2CCS2)N2CCCC2)CC1. The standard InChI is InChI=1S/C23H34N4O2S/c1-2-11-25(10-1)23(19-7-15-30-19)20(17-6-14-28-17)22(24-8-5-9-24)21(18-16-29-18)27(23)26-12-3-4-13-26/h3,12,17-19,21H,1-2,4-11,13-16H2. The fraction of sp³-hybridized carbons (Fsp3) is 0.826. The summed E-state index contributed by atoms with van der Waals surface area (Å²) in [5.74, 6) is 1.30. The maximum atomic E-state index is 6.33. The molecule has 7 aliphatic heterocycles. The second-order valence-corrected chi connectivity index (χ2v) is 11.2. The Labute approximate surface area is 184 Å². The number of likely N-dealkylation sites (tertiary alicyclic amines) is 2. The summed E-state index contributed by atoms with van der Waals surface area (Å²) in [6, 6.07) is 0.342. The van der Waals surface area contributed by atoms with E-state index in [4.69, 9.17) is 9.47 Å². The van der Waals surface area contributed by atoms with Crippen LogP contribution < -0.4 is 0 Å². The van der Waals surface area contributed by atoms with Gasteiger partial charge >= 0.3 is 0 Å². The van der Waals surface area contributed by atoms with E-state index in [0.717, 1.165) is 26.2 Å². The second kappa shape index (κ2) is 7.14. The molecule has 7 heteroatoms. The summed E-state index contributed by atoms with van der Waals surface area (Å²) in [4.78, 5) is 5.56. The monoisotopic (exact) mass is 430 g/mol. The first-order valence-corrected chi connectivity index (χ1v) is 13.3. The highest BCUT2D eigenvalue weighted by Crippen LogP contribution is 2.58. The van der Waals surface area contributed by atoms with Crippen molar-refractivity contribution in [2.75, 3.05) is 51.7 Å². The lowest BCUT2D eigenvalue weighted by molar-refractivity contribution is -0.153. The van der Waals surface area contributed by atoms with Crippen molar-refractivity contribution in [3.8, 4) is 0 Å². The summed E-state index contributed by atoms with van der Waals surface area (Å²) in [5.41, 5.74) is 3.18. The molecule has 0 amide bonds. The highest BCUT2D eigenvalue weighted by molar-refractivity contribution is 8.01. The molecule has 0 aromatic heterocycles. The molecule has 164 valence electrons. The van der Waals surface area contributed by atoms with Crippen LogP contribution in [0.1, 0.15) is 38.5 Å². The molecule has 5 fully saturated rings. The van der Waals surface area contributed by atoms with Crippen molar-refractivity contribution in [1.82, 2.24) is 19.8 Å². The van der Waals surface area contributed by atoms with Gasteiger partial charge in [0.05, 0.1) is 19.3 Å². The predicted octanol–water partition coefficient (Wildman–Crippen LogP) is 2.25. The van der Waals surface area contributed by atoms with E-state index in [0.29, 0.717) is 23.5 Å². The van der Waals surface area contributed by atoms with Gasteiger partial charge in [-0.1, -0.05) is 6.08 Å². The largest absolute Gasteiger partial charge is 0.373 e. The van der Waals surface area contributed by atoms with E-state index in [1.807, 2.05) is 0 Å². The van der Waals surface area contributed by atoms with Crippen LogP contribution in [0.5, 0.6) is 0 Å². The predicted molar refractivity (Wildman–Crippen MR) is 118 cm³/mol. The Morgan fingerprint density at radius 3 is 2.30 bits per heavy atom. The number of hydrogen-bond acceptors (Lipinski definition) is 7. The van der Waals surface area contributed by atoms with Crippen molar-refractivity contribution in [2.45, 2.75) is 67.7 Å². The van der Waals surface area contributed by atoms with Crippen molar-refractivity contribution in [3.05, 3.63) is 23.5 Å². The lowest BCUT2D eigenvalue weighted by atomic mass is 9.85. The molecule has 6 nitrogen and oxygen atoms in total. The fourth-order valence-corrected chi connectivity index (χ4v) is 7.70. The smallest absolute Gasteiger partial charge is 0.131 e. The van der Waals surface area contributed by atoms with Crippen LogP contribution >= 0.6 is 11.8 Å². The zero-order valence-corrected chi connectivity index (χ0v) is 18.7. The molecule has 7 rings (SSSR count). The molecule has 30 heavy (non-hydrogen) atoms. The molecule has 0 aromatic carbocycles. The van der Waals surface area contributed by atoms with Gasteiger partial charge < -0.3 is 19.4 Å². The van der Waals surface area contributed by atoms with E-state index < -0.39 is 0 Å². The maximum Gasteiger partial charge on any atom is 0.131 e. The molecule has 0 spiro atoms. The lowest BCUT2D eigenvalue weighted by Crippen LogP contribution is -2.72. The minimum Gasteiger partial charge on any atom is -0.373 e. The van der Waals surface area contributed by atoms with Gasteiger partial charge in [0, 0.05) is 61.9 Å². The van der Waals surface area contributed by atoms with Crippen LogP contribution in [0.25, 0.3) is 0 Å².